The van der Waals surface area contributed by atoms with Gasteiger partial charge in [0, 0.05) is 11.8 Å². The van der Waals surface area contributed by atoms with Crippen LogP contribution in [0.4, 0.5) is 5.69 Å². The topological polar surface area (TPSA) is 63.7 Å². The molecule has 0 aromatic heterocycles. The van der Waals surface area contributed by atoms with E-state index in [1.807, 2.05) is 60.7 Å². The molecule has 9 rings (SSSR count). The van der Waals surface area contributed by atoms with E-state index in [-0.39, 0.29) is 29.2 Å². The molecule has 1 fully saturated rings. The van der Waals surface area contributed by atoms with Crippen molar-refractivity contribution in [1.29, 1.82) is 0 Å². The van der Waals surface area contributed by atoms with Gasteiger partial charge in [0.25, 0.3) is 0 Å². The van der Waals surface area contributed by atoms with Crippen LogP contribution in [0, 0.1) is 11.8 Å². The largest absolute Gasteiger partial charge is 0.423 e. The van der Waals surface area contributed by atoms with Gasteiger partial charge in [0.2, 0.25) is 11.8 Å². The molecule has 0 unspecified atom stereocenters. The fourth-order valence-corrected chi connectivity index (χ4v) is 7.10. The molecule has 0 N–H and O–H groups in total. The second-order valence-electron chi connectivity index (χ2n) is 10.7. The highest BCUT2D eigenvalue weighted by molar-refractivity contribution is 6.23. The lowest BCUT2D eigenvalue weighted by Crippen LogP contribution is -2.41. The van der Waals surface area contributed by atoms with Gasteiger partial charge in [0.15, 0.2) is 0 Å². The van der Waals surface area contributed by atoms with Crippen LogP contribution in [-0.4, -0.2) is 17.8 Å². The fraction of sp³-hybridized carbons (Fsp3) is 0.114. The number of carbonyl (C=O) groups is 3. The maximum atomic E-state index is 14.0. The lowest BCUT2D eigenvalue weighted by atomic mass is 9.55. The first-order valence-corrected chi connectivity index (χ1v) is 13.5. The SMILES string of the molecule is O=C(Oc1ccc2ccccc2c1)c1cccc(N2C(=O)[C@H]3C4c5ccccc5C(c5ccccc54)[C@@H]3C2=O)c1. The van der Waals surface area contributed by atoms with Crippen LogP contribution in [-0.2, 0) is 9.59 Å². The molecule has 2 amide bonds. The average Bonchev–Trinajstić information content (AvgIpc) is 3.27. The van der Waals surface area contributed by atoms with Crippen molar-refractivity contribution in [3.05, 3.63) is 143 Å². The van der Waals surface area contributed by atoms with Crippen molar-refractivity contribution in [2.75, 3.05) is 4.90 Å². The Hall–Kier alpha value is -5.03. The molecular weight excluding hydrogens is 498 g/mol. The summed E-state index contributed by atoms with van der Waals surface area (Å²) >= 11 is 0. The number of carbonyl (C=O) groups excluding carboxylic acids is 3. The predicted octanol–water partition coefficient (Wildman–Crippen LogP) is 6.46. The fourth-order valence-electron chi connectivity index (χ4n) is 7.10. The Kier molecular flexibility index (Phi) is 4.86. The van der Waals surface area contributed by atoms with Crippen LogP contribution in [0.3, 0.4) is 0 Å². The van der Waals surface area contributed by atoms with E-state index in [9.17, 15) is 14.4 Å². The number of nitrogens with zero attached hydrogens (tertiary/aromatic N) is 1. The average molecular weight is 522 g/mol. The van der Waals surface area contributed by atoms with Crippen molar-refractivity contribution in [1.82, 2.24) is 0 Å². The molecular formula is C35H23NO4. The summed E-state index contributed by atoms with van der Waals surface area (Å²) < 4.78 is 5.68. The molecule has 0 radical (unpaired) electrons. The molecule has 1 saturated heterocycles. The predicted molar refractivity (Wildman–Crippen MR) is 151 cm³/mol. The summed E-state index contributed by atoms with van der Waals surface area (Å²) in [6, 6.07) is 36.3. The number of esters is 1. The van der Waals surface area contributed by atoms with Gasteiger partial charge in [-0.05, 0) is 63.4 Å². The number of hydrogen-bond donors (Lipinski definition) is 0. The highest BCUT2D eigenvalue weighted by atomic mass is 16.5. The Balaban J connectivity index is 1.14. The van der Waals surface area contributed by atoms with Crippen LogP contribution in [0.25, 0.3) is 10.8 Å². The highest BCUT2D eigenvalue weighted by Crippen LogP contribution is 2.61. The number of imide groups is 1. The Morgan fingerprint density at radius 1 is 0.575 bits per heavy atom. The number of rotatable bonds is 3. The summed E-state index contributed by atoms with van der Waals surface area (Å²) in [5.41, 5.74) is 5.18. The minimum absolute atomic E-state index is 0.176. The summed E-state index contributed by atoms with van der Waals surface area (Å²) in [6.45, 7) is 0. The summed E-state index contributed by atoms with van der Waals surface area (Å²) in [7, 11) is 0. The van der Waals surface area contributed by atoms with E-state index in [4.69, 9.17) is 4.74 Å². The molecule has 5 aromatic rings. The van der Waals surface area contributed by atoms with Crippen molar-refractivity contribution in [3.8, 4) is 5.75 Å². The third-order valence-corrected chi connectivity index (χ3v) is 8.72. The van der Waals surface area contributed by atoms with Gasteiger partial charge in [-0.15, -0.1) is 0 Å². The van der Waals surface area contributed by atoms with Gasteiger partial charge >= 0.3 is 5.97 Å². The van der Waals surface area contributed by atoms with Crippen LogP contribution >= 0.6 is 0 Å². The van der Waals surface area contributed by atoms with Gasteiger partial charge in [-0.2, -0.15) is 0 Å². The third kappa shape index (κ3) is 3.18. The smallest absolute Gasteiger partial charge is 0.343 e. The zero-order chi connectivity index (χ0) is 27.0. The third-order valence-electron chi connectivity index (χ3n) is 8.72. The summed E-state index contributed by atoms with van der Waals surface area (Å²) in [4.78, 5) is 42.5. The van der Waals surface area contributed by atoms with E-state index >= 15 is 0 Å². The molecule has 5 aromatic carbocycles. The van der Waals surface area contributed by atoms with Crippen molar-refractivity contribution < 1.29 is 19.1 Å². The Labute approximate surface area is 230 Å². The van der Waals surface area contributed by atoms with Gasteiger partial charge in [-0.25, -0.2) is 9.69 Å². The van der Waals surface area contributed by atoms with Gasteiger partial charge in [0.05, 0.1) is 23.1 Å². The number of ether oxygens (including phenoxy) is 1. The normalized spacial score (nSPS) is 22.1. The first-order chi connectivity index (χ1) is 19.6. The van der Waals surface area contributed by atoms with Crippen molar-refractivity contribution >= 4 is 34.2 Å². The van der Waals surface area contributed by atoms with Gasteiger partial charge < -0.3 is 4.74 Å². The second-order valence-corrected chi connectivity index (χ2v) is 10.7. The Morgan fingerprint density at radius 3 is 1.73 bits per heavy atom. The van der Waals surface area contributed by atoms with Crippen LogP contribution in [0.15, 0.2) is 115 Å². The van der Waals surface area contributed by atoms with E-state index in [0.717, 1.165) is 33.0 Å². The molecule has 0 spiro atoms. The molecule has 0 saturated carbocycles. The van der Waals surface area contributed by atoms with Crippen LogP contribution in [0.2, 0.25) is 0 Å². The monoisotopic (exact) mass is 521 g/mol. The van der Waals surface area contributed by atoms with Crippen molar-refractivity contribution in [3.63, 3.8) is 0 Å². The van der Waals surface area contributed by atoms with Gasteiger partial charge in [0.1, 0.15) is 5.75 Å². The first-order valence-electron chi connectivity index (χ1n) is 13.5. The molecule has 1 aliphatic heterocycles. The molecule has 4 aliphatic rings. The first kappa shape index (κ1) is 22.9. The zero-order valence-corrected chi connectivity index (χ0v) is 21.4. The summed E-state index contributed by atoms with van der Waals surface area (Å²) in [6.07, 6.45) is 0. The quantitative estimate of drug-likeness (QED) is 0.155. The highest BCUT2D eigenvalue weighted by Gasteiger charge is 2.61. The van der Waals surface area contributed by atoms with E-state index in [2.05, 4.69) is 24.3 Å². The maximum Gasteiger partial charge on any atom is 0.343 e. The second kappa shape index (κ2) is 8.48. The van der Waals surface area contributed by atoms with Crippen molar-refractivity contribution in [2.45, 2.75) is 11.8 Å². The Bertz CT molecular complexity index is 1780. The number of amides is 2. The molecule has 40 heavy (non-hydrogen) atoms. The molecule has 2 bridgehead atoms. The summed E-state index contributed by atoms with van der Waals surface area (Å²) in [5.74, 6) is -1.85. The lowest BCUT2D eigenvalue weighted by molar-refractivity contribution is -0.122. The van der Waals surface area contributed by atoms with Gasteiger partial charge in [-0.1, -0.05) is 84.9 Å². The van der Waals surface area contributed by atoms with E-state index in [1.54, 1.807) is 30.3 Å². The summed E-state index contributed by atoms with van der Waals surface area (Å²) in [5, 5.41) is 2.02. The van der Waals surface area contributed by atoms with Crippen LogP contribution in [0.1, 0.15) is 44.4 Å². The Morgan fingerprint density at radius 2 is 1.12 bits per heavy atom. The number of anilines is 1. The van der Waals surface area contributed by atoms with E-state index < -0.39 is 17.8 Å². The minimum Gasteiger partial charge on any atom is -0.423 e. The number of fused-ring (bicyclic) bond motifs is 1. The van der Waals surface area contributed by atoms with E-state index in [0.29, 0.717) is 11.4 Å². The molecule has 3 aliphatic carbocycles. The minimum atomic E-state index is -0.548. The lowest BCUT2D eigenvalue weighted by Gasteiger charge is -2.45. The molecule has 192 valence electrons. The number of benzene rings is 5. The standard InChI is InChI=1S/C35H23NO4/c37-33-31-29-25-12-3-4-13-26(25)30(28-15-6-5-14-27(28)29)32(31)34(38)36(33)23-11-7-10-22(18-23)35(39)40-24-17-16-20-8-1-2-9-21(20)19-24/h1-19,29-32H/t29?,30?,31-,32-/m0/s1. The maximum absolute atomic E-state index is 14.0. The molecule has 2 atom stereocenters. The molecule has 1 heterocycles. The van der Waals surface area contributed by atoms with Crippen molar-refractivity contribution in [2.24, 2.45) is 11.8 Å². The zero-order valence-electron chi connectivity index (χ0n) is 21.4. The number of hydrogen-bond acceptors (Lipinski definition) is 4. The van der Waals surface area contributed by atoms with Crippen LogP contribution < -0.4 is 9.64 Å². The molecule has 5 heteroatoms. The van der Waals surface area contributed by atoms with E-state index in [1.165, 1.54) is 4.90 Å². The molecule has 5 nitrogen and oxygen atoms in total. The van der Waals surface area contributed by atoms with Crippen LogP contribution in [0.5, 0.6) is 5.75 Å². The van der Waals surface area contributed by atoms with Gasteiger partial charge in [-0.3, -0.25) is 9.59 Å².